The van der Waals surface area contributed by atoms with Crippen LogP contribution in [0.2, 0.25) is 0 Å². The molecule has 1 saturated heterocycles. The number of carbonyl (C=O) groups excluding carboxylic acids is 2. The second-order valence-corrected chi connectivity index (χ2v) is 3.51. The molecule has 0 saturated carbocycles. The lowest BCUT2D eigenvalue weighted by Gasteiger charge is -2.43. The number of likely N-dealkylation sites (tertiary alicyclic amines) is 1. The van der Waals surface area contributed by atoms with Crippen molar-refractivity contribution in [3.05, 3.63) is 0 Å². The Morgan fingerprint density at radius 2 is 2.13 bits per heavy atom. The van der Waals surface area contributed by atoms with Crippen LogP contribution >= 0.6 is 0 Å². The van der Waals surface area contributed by atoms with Crippen LogP contribution in [0.1, 0.15) is 13.3 Å². The van der Waals surface area contributed by atoms with Crippen molar-refractivity contribution in [1.29, 1.82) is 0 Å². The normalized spacial score (nSPS) is 15.7. The zero-order chi connectivity index (χ0) is 11.4. The lowest BCUT2D eigenvalue weighted by atomic mass is 10.1. The van der Waals surface area contributed by atoms with Crippen molar-refractivity contribution in [3.63, 3.8) is 0 Å². The van der Waals surface area contributed by atoms with Gasteiger partial charge in [0.25, 0.3) is 0 Å². The summed E-state index contributed by atoms with van der Waals surface area (Å²) in [4.78, 5) is 34.6. The molecule has 6 nitrogen and oxygen atoms in total. The van der Waals surface area contributed by atoms with Gasteiger partial charge in [-0.05, 0) is 0 Å². The minimum atomic E-state index is -1.04. The monoisotopic (exact) mass is 214 g/mol. The number of carbonyl (C=O) groups is 3. The van der Waals surface area contributed by atoms with Crippen molar-refractivity contribution in [2.75, 3.05) is 19.6 Å². The minimum Gasteiger partial charge on any atom is -0.465 e. The molecule has 0 aromatic carbocycles. The fourth-order valence-corrected chi connectivity index (χ4v) is 1.54. The maximum absolute atomic E-state index is 10.9. The highest BCUT2D eigenvalue weighted by molar-refractivity contribution is 5.75. The Kier molecular flexibility index (Phi) is 3.65. The molecule has 2 amide bonds. The summed E-state index contributed by atoms with van der Waals surface area (Å²) in [5.41, 5.74) is 0. The van der Waals surface area contributed by atoms with Gasteiger partial charge < -0.3 is 19.7 Å². The van der Waals surface area contributed by atoms with Crippen molar-refractivity contribution < 1.29 is 19.5 Å². The summed E-state index contributed by atoms with van der Waals surface area (Å²) in [5, 5.41) is 8.87. The number of nitrogens with zero attached hydrogens (tertiary/aromatic N) is 2. The molecule has 0 spiro atoms. The Morgan fingerprint density at radius 1 is 1.53 bits per heavy atom. The smallest absolute Gasteiger partial charge is 0.407 e. The summed E-state index contributed by atoms with van der Waals surface area (Å²) in [5.74, 6) is -0.0491. The van der Waals surface area contributed by atoms with Crippen molar-refractivity contribution in [2.45, 2.75) is 19.4 Å². The second kappa shape index (κ2) is 4.77. The molecule has 0 atom stereocenters. The molecule has 0 radical (unpaired) electrons. The van der Waals surface area contributed by atoms with E-state index in [-0.39, 0.29) is 24.9 Å². The molecule has 15 heavy (non-hydrogen) atoms. The van der Waals surface area contributed by atoms with Crippen LogP contribution in [0.15, 0.2) is 0 Å². The predicted molar refractivity (Wildman–Crippen MR) is 51.5 cm³/mol. The molecular weight excluding hydrogens is 200 g/mol. The molecule has 1 N–H and O–H groups in total. The number of rotatable bonds is 4. The fourth-order valence-electron chi connectivity index (χ4n) is 1.54. The Morgan fingerprint density at radius 3 is 2.53 bits per heavy atom. The van der Waals surface area contributed by atoms with Crippen LogP contribution in [-0.2, 0) is 9.59 Å². The van der Waals surface area contributed by atoms with E-state index >= 15 is 0 Å². The van der Waals surface area contributed by atoms with E-state index < -0.39 is 6.09 Å². The van der Waals surface area contributed by atoms with E-state index in [1.54, 1.807) is 4.90 Å². The standard InChI is InChI=1S/C9H14N2O4/c1-7(13)10-5-8(6-10)11(9(14)15)3-2-4-12/h4,8H,2-3,5-6H2,1H3,(H,14,15). The lowest BCUT2D eigenvalue weighted by Crippen LogP contribution is -2.61. The van der Waals surface area contributed by atoms with Gasteiger partial charge in [0, 0.05) is 33.0 Å². The molecule has 1 aliphatic heterocycles. The van der Waals surface area contributed by atoms with E-state index in [9.17, 15) is 14.4 Å². The van der Waals surface area contributed by atoms with E-state index in [0.717, 1.165) is 0 Å². The Labute approximate surface area is 87.5 Å². The van der Waals surface area contributed by atoms with Crippen LogP contribution in [0.4, 0.5) is 4.79 Å². The maximum atomic E-state index is 10.9. The summed E-state index contributed by atoms with van der Waals surface area (Å²) >= 11 is 0. The molecule has 1 rings (SSSR count). The van der Waals surface area contributed by atoms with Gasteiger partial charge in [-0.15, -0.1) is 0 Å². The van der Waals surface area contributed by atoms with Crippen LogP contribution in [0.5, 0.6) is 0 Å². The van der Waals surface area contributed by atoms with Crippen LogP contribution < -0.4 is 0 Å². The van der Waals surface area contributed by atoms with E-state index in [2.05, 4.69) is 0 Å². The molecular formula is C9H14N2O4. The second-order valence-electron chi connectivity index (χ2n) is 3.51. The van der Waals surface area contributed by atoms with Crippen LogP contribution in [0.25, 0.3) is 0 Å². The van der Waals surface area contributed by atoms with Gasteiger partial charge in [0.2, 0.25) is 5.91 Å². The van der Waals surface area contributed by atoms with Gasteiger partial charge >= 0.3 is 6.09 Å². The number of aldehydes is 1. The maximum Gasteiger partial charge on any atom is 0.407 e. The molecule has 6 heteroatoms. The van der Waals surface area contributed by atoms with Crippen LogP contribution in [-0.4, -0.2) is 58.9 Å². The van der Waals surface area contributed by atoms with E-state index in [1.807, 2.05) is 0 Å². The quantitative estimate of drug-likeness (QED) is 0.656. The van der Waals surface area contributed by atoms with Crippen LogP contribution in [0.3, 0.4) is 0 Å². The molecule has 0 aromatic heterocycles. The molecule has 0 bridgehead atoms. The lowest BCUT2D eigenvalue weighted by molar-refractivity contribution is -0.135. The number of hydrogen-bond donors (Lipinski definition) is 1. The Hall–Kier alpha value is -1.59. The molecule has 1 aliphatic rings. The van der Waals surface area contributed by atoms with Gasteiger partial charge in [-0.2, -0.15) is 0 Å². The number of amides is 2. The van der Waals surface area contributed by atoms with Crippen molar-refractivity contribution in [1.82, 2.24) is 9.80 Å². The van der Waals surface area contributed by atoms with Gasteiger partial charge in [0.05, 0.1) is 6.04 Å². The van der Waals surface area contributed by atoms with Gasteiger partial charge in [0.15, 0.2) is 0 Å². The number of carboxylic acid groups (broad SMARTS) is 1. The van der Waals surface area contributed by atoms with E-state index in [4.69, 9.17) is 5.11 Å². The average molecular weight is 214 g/mol. The van der Waals surface area contributed by atoms with E-state index in [1.165, 1.54) is 11.8 Å². The molecule has 84 valence electrons. The summed E-state index contributed by atoms with van der Waals surface area (Å²) in [6.07, 6.45) is -0.148. The highest BCUT2D eigenvalue weighted by atomic mass is 16.4. The molecule has 0 unspecified atom stereocenters. The highest BCUT2D eigenvalue weighted by Crippen LogP contribution is 2.15. The number of hydrogen-bond acceptors (Lipinski definition) is 3. The molecule has 1 heterocycles. The van der Waals surface area contributed by atoms with Crippen molar-refractivity contribution >= 4 is 18.3 Å². The summed E-state index contributed by atoms with van der Waals surface area (Å²) < 4.78 is 0. The van der Waals surface area contributed by atoms with Gasteiger partial charge in [-0.3, -0.25) is 4.79 Å². The molecule has 0 aliphatic carbocycles. The zero-order valence-electron chi connectivity index (χ0n) is 8.55. The van der Waals surface area contributed by atoms with Crippen LogP contribution in [0, 0.1) is 0 Å². The summed E-state index contributed by atoms with van der Waals surface area (Å²) in [6, 6.07) is -0.161. The third-order valence-electron chi connectivity index (χ3n) is 2.48. The molecule has 0 aromatic rings. The Balaban J connectivity index is 2.43. The summed E-state index contributed by atoms with van der Waals surface area (Å²) in [6.45, 7) is 2.52. The highest BCUT2D eigenvalue weighted by Gasteiger charge is 2.35. The summed E-state index contributed by atoms with van der Waals surface area (Å²) in [7, 11) is 0. The molecule has 1 fully saturated rings. The third kappa shape index (κ3) is 2.68. The SMILES string of the molecule is CC(=O)N1CC(N(CCC=O)C(=O)O)C1. The first-order chi connectivity index (χ1) is 7.06. The third-order valence-corrected chi connectivity index (χ3v) is 2.48. The first-order valence-corrected chi connectivity index (χ1v) is 4.75. The van der Waals surface area contributed by atoms with Crippen molar-refractivity contribution in [3.8, 4) is 0 Å². The van der Waals surface area contributed by atoms with Crippen molar-refractivity contribution in [2.24, 2.45) is 0 Å². The minimum absolute atomic E-state index is 0.0491. The van der Waals surface area contributed by atoms with Gasteiger partial charge in [-0.1, -0.05) is 0 Å². The predicted octanol–water partition coefficient (Wildman–Crippen LogP) is -0.214. The fraction of sp³-hybridized carbons (Fsp3) is 0.667. The first kappa shape index (κ1) is 11.5. The zero-order valence-corrected chi connectivity index (χ0v) is 8.55. The average Bonchev–Trinajstić information content (AvgIpc) is 2.06. The topological polar surface area (TPSA) is 77.9 Å². The first-order valence-electron chi connectivity index (χ1n) is 4.75. The largest absolute Gasteiger partial charge is 0.465 e. The van der Waals surface area contributed by atoms with Gasteiger partial charge in [0.1, 0.15) is 6.29 Å². The van der Waals surface area contributed by atoms with E-state index in [0.29, 0.717) is 19.4 Å². The van der Waals surface area contributed by atoms with Gasteiger partial charge in [-0.25, -0.2) is 4.79 Å². The Bertz CT molecular complexity index is 273.